The molecular formula is C10H19N3O. The SMILES string of the molecule is C=CN(/N=C\N)C(=O)CCCCCC. The van der Waals surface area contributed by atoms with E-state index in [-0.39, 0.29) is 5.91 Å². The van der Waals surface area contributed by atoms with Gasteiger partial charge in [0.1, 0.15) is 6.34 Å². The number of hydrogen-bond acceptors (Lipinski definition) is 2. The molecule has 0 aliphatic rings. The maximum Gasteiger partial charge on any atom is 0.246 e. The molecule has 0 saturated heterocycles. The van der Waals surface area contributed by atoms with E-state index in [4.69, 9.17) is 5.73 Å². The Balaban J connectivity index is 3.75. The topological polar surface area (TPSA) is 58.7 Å². The lowest BCUT2D eigenvalue weighted by atomic mass is 10.1. The lowest BCUT2D eigenvalue weighted by Gasteiger charge is -2.10. The van der Waals surface area contributed by atoms with Crippen molar-refractivity contribution < 1.29 is 4.79 Å². The Morgan fingerprint density at radius 1 is 1.50 bits per heavy atom. The molecular weight excluding hydrogens is 178 g/mol. The zero-order valence-electron chi connectivity index (χ0n) is 8.78. The summed E-state index contributed by atoms with van der Waals surface area (Å²) in [5.41, 5.74) is 5.09. The molecule has 0 bridgehead atoms. The lowest BCUT2D eigenvalue weighted by Crippen LogP contribution is -2.20. The number of nitrogens with zero attached hydrogens (tertiary/aromatic N) is 2. The fourth-order valence-electron chi connectivity index (χ4n) is 1.10. The average molecular weight is 197 g/mol. The number of carbonyl (C=O) groups is 1. The first kappa shape index (κ1) is 12.7. The van der Waals surface area contributed by atoms with Gasteiger partial charge in [0.2, 0.25) is 5.91 Å². The molecule has 0 atom stereocenters. The molecule has 0 aliphatic carbocycles. The third kappa shape index (κ3) is 5.35. The maximum absolute atomic E-state index is 11.4. The van der Waals surface area contributed by atoms with Crippen LogP contribution in [0.4, 0.5) is 0 Å². The summed E-state index contributed by atoms with van der Waals surface area (Å²) in [6, 6.07) is 0. The quantitative estimate of drug-likeness (QED) is 0.293. The van der Waals surface area contributed by atoms with Crippen LogP contribution >= 0.6 is 0 Å². The first-order valence-electron chi connectivity index (χ1n) is 4.95. The molecule has 0 unspecified atom stereocenters. The number of rotatable bonds is 7. The van der Waals surface area contributed by atoms with Crippen LogP contribution < -0.4 is 5.73 Å². The van der Waals surface area contributed by atoms with Gasteiger partial charge in [0.25, 0.3) is 0 Å². The molecule has 0 aliphatic heterocycles. The third-order valence-corrected chi connectivity index (χ3v) is 1.86. The second-order valence-corrected chi connectivity index (χ2v) is 3.00. The van der Waals surface area contributed by atoms with Crippen molar-refractivity contribution in [3.63, 3.8) is 0 Å². The van der Waals surface area contributed by atoms with E-state index in [0.29, 0.717) is 6.42 Å². The second-order valence-electron chi connectivity index (χ2n) is 3.00. The fraction of sp³-hybridized carbons (Fsp3) is 0.600. The van der Waals surface area contributed by atoms with Gasteiger partial charge in [0.15, 0.2) is 0 Å². The number of unbranched alkanes of at least 4 members (excludes halogenated alkanes) is 3. The summed E-state index contributed by atoms with van der Waals surface area (Å²) >= 11 is 0. The van der Waals surface area contributed by atoms with Crippen molar-refractivity contribution in [3.8, 4) is 0 Å². The van der Waals surface area contributed by atoms with Gasteiger partial charge in [-0.25, -0.2) is 5.01 Å². The van der Waals surface area contributed by atoms with Crippen LogP contribution in [-0.4, -0.2) is 17.3 Å². The van der Waals surface area contributed by atoms with Crippen molar-refractivity contribution in [2.24, 2.45) is 10.8 Å². The number of carbonyl (C=O) groups excluding carboxylic acids is 1. The van der Waals surface area contributed by atoms with E-state index in [9.17, 15) is 4.79 Å². The Kier molecular flexibility index (Phi) is 7.50. The van der Waals surface area contributed by atoms with Crippen molar-refractivity contribution in [1.29, 1.82) is 0 Å². The number of nitrogens with two attached hydrogens (primary N) is 1. The van der Waals surface area contributed by atoms with Crippen molar-refractivity contribution in [2.75, 3.05) is 0 Å². The third-order valence-electron chi connectivity index (χ3n) is 1.86. The second kappa shape index (κ2) is 8.29. The van der Waals surface area contributed by atoms with E-state index >= 15 is 0 Å². The molecule has 0 rings (SSSR count). The molecule has 0 aromatic rings. The van der Waals surface area contributed by atoms with E-state index < -0.39 is 0 Å². The maximum atomic E-state index is 11.4. The van der Waals surface area contributed by atoms with E-state index in [1.54, 1.807) is 0 Å². The standard InChI is InChI=1S/C10H19N3O/c1-3-5-6-7-8-10(14)13(4-2)12-9-11/h4,9H,2-3,5-8H2,1H3,(H2,11,12). The summed E-state index contributed by atoms with van der Waals surface area (Å²) in [6.07, 6.45) is 7.28. The highest BCUT2D eigenvalue weighted by atomic mass is 16.2. The number of amides is 1. The van der Waals surface area contributed by atoms with Gasteiger partial charge in [0.05, 0.1) is 0 Å². The molecule has 4 nitrogen and oxygen atoms in total. The van der Waals surface area contributed by atoms with Gasteiger partial charge in [-0.05, 0) is 6.42 Å². The van der Waals surface area contributed by atoms with E-state index in [2.05, 4.69) is 18.6 Å². The van der Waals surface area contributed by atoms with Gasteiger partial charge in [-0.2, -0.15) is 5.10 Å². The molecule has 0 spiro atoms. The van der Waals surface area contributed by atoms with Crippen LogP contribution in [0.3, 0.4) is 0 Å². The van der Waals surface area contributed by atoms with Gasteiger partial charge < -0.3 is 5.73 Å². The highest BCUT2D eigenvalue weighted by Gasteiger charge is 2.07. The van der Waals surface area contributed by atoms with E-state index in [1.807, 2.05) is 0 Å². The summed E-state index contributed by atoms with van der Waals surface area (Å²) < 4.78 is 0. The highest BCUT2D eigenvalue weighted by Crippen LogP contribution is 2.05. The molecule has 80 valence electrons. The fourth-order valence-corrected chi connectivity index (χ4v) is 1.10. The van der Waals surface area contributed by atoms with E-state index in [1.165, 1.54) is 24.1 Å². The van der Waals surface area contributed by atoms with Gasteiger partial charge in [-0.3, -0.25) is 4.79 Å². The Hall–Kier alpha value is -1.32. The van der Waals surface area contributed by atoms with Crippen LogP contribution in [0.15, 0.2) is 17.9 Å². The smallest absolute Gasteiger partial charge is 0.246 e. The minimum atomic E-state index is -0.0576. The molecule has 0 aromatic heterocycles. The summed E-state index contributed by atoms with van der Waals surface area (Å²) in [4.78, 5) is 11.4. The van der Waals surface area contributed by atoms with Crippen molar-refractivity contribution >= 4 is 12.2 Å². The predicted molar refractivity (Wildman–Crippen MR) is 58.5 cm³/mol. The zero-order chi connectivity index (χ0) is 10.8. The molecule has 4 heteroatoms. The summed E-state index contributed by atoms with van der Waals surface area (Å²) in [5, 5.41) is 4.83. The van der Waals surface area contributed by atoms with Gasteiger partial charge >= 0.3 is 0 Å². The van der Waals surface area contributed by atoms with Gasteiger partial charge in [-0.1, -0.05) is 32.8 Å². The van der Waals surface area contributed by atoms with Crippen molar-refractivity contribution in [2.45, 2.75) is 39.0 Å². The van der Waals surface area contributed by atoms with Crippen LogP contribution in [0.25, 0.3) is 0 Å². The molecule has 0 heterocycles. The Bertz CT molecular complexity index is 202. The van der Waals surface area contributed by atoms with Crippen LogP contribution in [0, 0.1) is 0 Å². The highest BCUT2D eigenvalue weighted by molar-refractivity contribution is 5.77. The number of hydrazone groups is 1. The summed E-state index contributed by atoms with van der Waals surface area (Å²) in [7, 11) is 0. The van der Waals surface area contributed by atoms with Crippen LogP contribution in [0.1, 0.15) is 39.0 Å². The van der Waals surface area contributed by atoms with Gasteiger partial charge in [-0.15, -0.1) is 0 Å². The zero-order valence-corrected chi connectivity index (χ0v) is 8.78. The largest absolute Gasteiger partial charge is 0.388 e. The van der Waals surface area contributed by atoms with Gasteiger partial charge in [0, 0.05) is 12.6 Å². The van der Waals surface area contributed by atoms with Crippen LogP contribution in [0.5, 0.6) is 0 Å². The molecule has 0 saturated carbocycles. The van der Waals surface area contributed by atoms with Crippen LogP contribution in [-0.2, 0) is 4.79 Å². The Morgan fingerprint density at radius 3 is 2.71 bits per heavy atom. The molecule has 1 amide bonds. The van der Waals surface area contributed by atoms with E-state index in [0.717, 1.165) is 19.2 Å². The Morgan fingerprint density at radius 2 is 2.21 bits per heavy atom. The normalized spacial score (nSPS) is 10.4. The predicted octanol–water partition coefficient (Wildman–Crippen LogP) is 1.83. The minimum Gasteiger partial charge on any atom is -0.388 e. The summed E-state index contributed by atoms with van der Waals surface area (Å²) in [6.45, 7) is 5.62. The minimum absolute atomic E-state index is 0.0576. The van der Waals surface area contributed by atoms with Crippen molar-refractivity contribution in [3.05, 3.63) is 12.8 Å². The van der Waals surface area contributed by atoms with Crippen LogP contribution in [0.2, 0.25) is 0 Å². The molecule has 0 fully saturated rings. The number of hydrogen-bond donors (Lipinski definition) is 1. The molecule has 14 heavy (non-hydrogen) atoms. The molecule has 0 aromatic carbocycles. The monoisotopic (exact) mass is 197 g/mol. The lowest BCUT2D eigenvalue weighted by molar-refractivity contribution is -0.128. The molecule has 2 N–H and O–H groups in total. The molecule has 0 radical (unpaired) electrons. The van der Waals surface area contributed by atoms with Crippen molar-refractivity contribution in [1.82, 2.24) is 5.01 Å². The Labute approximate surface area is 85.5 Å². The summed E-state index contributed by atoms with van der Waals surface area (Å²) in [5.74, 6) is -0.0576. The first-order chi connectivity index (χ1) is 6.76. The first-order valence-corrected chi connectivity index (χ1v) is 4.95. The average Bonchev–Trinajstić information content (AvgIpc) is 2.20.